The van der Waals surface area contributed by atoms with Crippen LogP contribution in [0.25, 0.3) is 12.2 Å². The molecule has 0 bridgehead atoms. The summed E-state index contributed by atoms with van der Waals surface area (Å²) in [6.07, 6.45) is 4.37. The highest BCUT2D eigenvalue weighted by Gasteiger charge is 2.02. The van der Waals surface area contributed by atoms with Crippen molar-refractivity contribution in [2.45, 2.75) is 19.8 Å². The largest absolute Gasteiger partial charge is 0.0622 e. The minimum Gasteiger partial charge on any atom is -0.0622 e. The second-order valence-corrected chi connectivity index (χ2v) is 4.53. The number of hydrogen-bond donors (Lipinski definition) is 0. The normalized spacial score (nSPS) is 11.2. The van der Waals surface area contributed by atoms with Crippen LogP contribution in [0, 0.1) is 0 Å². The maximum Gasteiger partial charge on any atom is -0.0213 e. The van der Waals surface area contributed by atoms with Crippen LogP contribution in [0.2, 0.25) is 0 Å². The van der Waals surface area contributed by atoms with Crippen LogP contribution < -0.4 is 0 Å². The highest BCUT2D eigenvalue weighted by atomic mass is 14.1. The first-order valence-corrected chi connectivity index (χ1v) is 6.09. The van der Waals surface area contributed by atoms with Crippen LogP contribution in [0.15, 0.2) is 54.6 Å². The molecule has 0 unspecified atom stereocenters. The topological polar surface area (TPSA) is 0 Å². The van der Waals surface area contributed by atoms with E-state index in [1.165, 1.54) is 16.7 Å². The third kappa shape index (κ3) is 3.07. The molecule has 0 fully saturated rings. The van der Waals surface area contributed by atoms with E-state index >= 15 is 0 Å². The molecule has 0 aromatic heterocycles. The number of hydrogen-bond acceptors (Lipinski definition) is 0. The lowest BCUT2D eigenvalue weighted by Crippen LogP contribution is -1.90. The van der Waals surface area contributed by atoms with Crippen LogP contribution >= 0.6 is 0 Å². The Labute approximate surface area is 104 Å². The van der Waals surface area contributed by atoms with Crippen LogP contribution in [-0.2, 0) is 0 Å². The lowest BCUT2D eigenvalue weighted by Gasteiger charge is -2.08. The highest BCUT2D eigenvalue weighted by molar-refractivity contribution is 5.71. The zero-order chi connectivity index (χ0) is 12.1. The van der Waals surface area contributed by atoms with Crippen molar-refractivity contribution in [3.8, 4) is 0 Å². The molecule has 0 aliphatic carbocycles. The monoisotopic (exact) mass is 222 g/mol. The first kappa shape index (κ1) is 11.7. The molecular weight excluding hydrogens is 204 g/mol. The smallest absolute Gasteiger partial charge is 0.0213 e. The Bertz CT molecular complexity index is 492. The van der Waals surface area contributed by atoms with Gasteiger partial charge >= 0.3 is 0 Å². The van der Waals surface area contributed by atoms with Gasteiger partial charge in [-0.3, -0.25) is 0 Å². The Morgan fingerprint density at radius 3 is 2.12 bits per heavy atom. The lowest BCUT2D eigenvalue weighted by molar-refractivity contribution is 0.864. The highest BCUT2D eigenvalue weighted by Crippen LogP contribution is 2.21. The van der Waals surface area contributed by atoms with Crippen LogP contribution in [0.1, 0.15) is 36.5 Å². The Morgan fingerprint density at radius 2 is 1.41 bits per heavy atom. The van der Waals surface area contributed by atoms with E-state index < -0.39 is 0 Å². The summed E-state index contributed by atoms with van der Waals surface area (Å²) in [7, 11) is 0. The quantitative estimate of drug-likeness (QED) is 0.642. The van der Waals surface area contributed by atoms with Gasteiger partial charge in [0, 0.05) is 0 Å². The van der Waals surface area contributed by atoms with Gasteiger partial charge < -0.3 is 0 Å². The molecule has 0 heterocycles. The van der Waals surface area contributed by atoms with Crippen molar-refractivity contribution in [3.63, 3.8) is 0 Å². The van der Waals surface area contributed by atoms with Crippen LogP contribution in [0.4, 0.5) is 0 Å². The first-order valence-electron chi connectivity index (χ1n) is 6.09. The standard InChI is InChI=1S/C17H18/c1-14(2)17-11-7-6-10-16(17)13-12-15-8-4-3-5-9-15/h3-14H,1-2H3/b13-12+. The Hall–Kier alpha value is -1.82. The van der Waals surface area contributed by atoms with E-state index in [4.69, 9.17) is 0 Å². The number of benzene rings is 2. The molecule has 0 amide bonds. The fourth-order valence-electron chi connectivity index (χ4n) is 1.94. The lowest BCUT2D eigenvalue weighted by atomic mass is 9.97. The average molecular weight is 222 g/mol. The van der Waals surface area contributed by atoms with E-state index in [9.17, 15) is 0 Å². The third-order valence-corrected chi connectivity index (χ3v) is 2.87. The van der Waals surface area contributed by atoms with Gasteiger partial charge in [0.2, 0.25) is 0 Å². The van der Waals surface area contributed by atoms with Crippen molar-refractivity contribution < 1.29 is 0 Å². The zero-order valence-corrected chi connectivity index (χ0v) is 10.4. The van der Waals surface area contributed by atoms with Crippen LogP contribution in [0.5, 0.6) is 0 Å². The van der Waals surface area contributed by atoms with Gasteiger partial charge in [-0.1, -0.05) is 80.6 Å². The second kappa shape index (κ2) is 5.49. The third-order valence-electron chi connectivity index (χ3n) is 2.87. The van der Waals surface area contributed by atoms with Gasteiger partial charge in [-0.15, -0.1) is 0 Å². The van der Waals surface area contributed by atoms with E-state index in [0.29, 0.717) is 5.92 Å². The van der Waals surface area contributed by atoms with Gasteiger partial charge in [0.1, 0.15) is 0 Å². The molecule has 0 atom stereocenters. The van der Waals surface area contributed by atoms with Gasteiger partial charge in [-0.2, -0.15) is 0 Å². The second-order valence-electron chi connectivity index (χ2n) is 4.53. The van der Waals surface area contributed by atoms with Crippen molar-refractivity contribution in [3.05, 3.63) is 71.3 Å². The van der Waals surface area contributed by atoms with Crippen LogP contribution in [0.3, 0.4) is 0 Å². The van der Waals surface area contributed by atoms with Crippen molar-refractivity contribution >= 4 is 12.2 Å². The molecule has 17 heavy (non-hydrogen) atoms. The van der Waals surface area contributed by atoms with Crippen molar-refractivity contribution in [2.24, 2.45) is 0 Å². The summed E-state index contributed by atoms with van der Waals surface area (Å²) in [5, 5.41) is 0. The zero-order valence-electron chi connectivity index (χ0n) is 10.4. The fourth-order valence-corrected chi connectivity index (χ4v) is 1.94. The van der Waals surface area contributed by atoms with Crippen molar-refractivity contribution in [1.29, 1.82) is 0 Å². The summed E-state index contributed by atoms with van der Waals surface area (Å²) in [6.45, 7) is 4.46. The van der Waals surface area contributed by atoms with E-state index in [0.717, 1.165) is 0 Å². The molecule has 0 saturated carbocycles. The first-order chi connectivity index (χ1) is 8.27. The maximum absolute atomic E-state index is 2.23. The van der Waals surface area contributed by atoms with Gasteiger partial charge in [0.15, 0.2) is 0 Å². The summed E-state index contributed by atoms with van der Waals surface area (Å²) in [6, 6.07) is 19.0. The molecule has 2 aromatic carbocycles. The molecule has 0 aliphatic heterocycles. The molecule has 2 rings (SSSR count). The van der Waals surface area contributed by atoms with Crippen molar-refractivity contribution in [2.75, 3.05) is 0 Å². The Balaban J connectivity index is 2.27. The molecule has 0 saturated heterocycles. The number of rotatable bonds is 3. The van der Waals surface area contributed by atoms with Crippen LogP contribution in [-0.4, -0.2) is 0 Å². The fraction of sp³-hybridized carbons (Fsp3) is 0.176. The van der Waals surface area contributed by atoms with E-state index in [2.05, 4.69) is 74.5 Å². The molecule has 0 spiro atoms. The predicted octanol–water partition coefficient (Wildman–Crippen LogP) is 4.98. The predicted molar refractivity (Wildman–Crippen MR) is 75.9 cm³/mol. The summed E-state index contributed by atoms with van der Waals surface area (Å²) < 4.78 is 0. The molecular formula is C17H18. The summed E-state index contributed by atoms with van der Waals surface area (Å²) in [5.41, 5.74) is 3.96. The summed E-state index contributed by atoms with van der Waals surface area (Å²) >= 11 is 0. The van der Waals surface area contributed by atoms with Gasteiger partial charge in [0.05, 0.1) is 0 Å². The minimum absolute atomic E-state index is 0.562. The van der Waals surface area contributed by atoms with Gasteiger partial charge in [0.25, 0.3) is 0 Å². The Kier molecular flexibility index (Phi) is 3.77. The summed E-state index contributed by atoms with van der Waals surface area (Å²) in [4.78, 5) is 0. The molecule has 0 nitrogen and oxygen atoms in total. The van der Waals surface area contributed by atoms with E-state index in [1.807, 2.05) is 6.07 Å². The molecule has 0 N–H and O–H groups in total. The molecule has 0 heteroatoms. The molecule has 2 aromatic rings. The minimum atomic E-state index is 0.562. The summed E-state index contributed by atoms with van der Waals surface area (Å²) in [5.74, 6) is 0.562. The van der Waals surface area contributed by atoms with E-state index in [1.54, 1.807) is 0 Å². The molecule has 0 aliphatic rings. The molecule has 0 radical (unpaired) electrons. The average Bonchev–Trinajstić information content (AvgIpc) is 2.38. The van der Waals surface area contributed by atoms with Gasteiger partial charge in [-0.25, -0.2) is 0 Å². The SMILES string of the molecule is CC(C)c1ccccc1/C=C/c1ccccc1. The maximum atomic E-state index is 2.23. The molecule has 86 valence electrons. The van der Waals surface area contributed by atoms with E-state index in [-0.39, 0.29) is 0 Å². The van der Waals surface area contributed by atoms with Gasteiger partial charge in [-0.05, 0) is 22.6 Å². The Morgan fingerprint density at radius 1 is 0.765 bits per heavy atom. The van der Waals surface area contributed by atoms with Crippen molar-refractivity contribution in [1.82, 2.24) is 0 Å².